The molecule has 0 radical (unpaired) electrons. The summed E-state index contributed by atoms with van der Waals surface area (Å²) in [5.74, 6) is 0.449. The summed E-state index contributed by atoms with van der Waals surface area (Å²) >= 11 is 0. The summed E-state index contributed by atoms with van der Waals surface area (Å²) in [7, 11) is 1.52. The Morgan fingerprint density at radius 1 is 1.11 bits per heavy atom. The van der Waals surface area contributed by atoms with Crippen LogP contribution in [0, 0.1) is 6.92 Å². The second-order valence-corrected chi connectivity index (χ2v) is 4.31. The van der Waals surface area contributed by atoms with Crippen molar-refractivity contribution < 1.29 is 9.84 Å². The van der Waals surface area contributed by atoms with E-state index in [0.717, 1.165) is 16.6 Å². The molecule has 5 nitrogen and oxygen atoms in total. The van der Waals surface area contributed by atoms with Crippen molar-refractivity contribution in [2.75, 3.05) is 7.11 Å². The largest absolute Gasteiger partial charge is 0.503 e. The van der Waals surface area contributed by atoms with Gasteiger partial charge in [0.05, 0.1) is 7.11 Å². The number of hydrogen-bond donors (Lipinski definition) is 1. The first kappa shape index (κ1) is 11.5. The van der Waals surface area contributed by atoms with Gasteiger partial charge in [-0.15, -0.1) is 15.0 Å². The van der Waals surface area contributed by atoms with E-state index in [4.69, 9.17) is 4.74 Å². The topological polar surface area (TPSA) is 60.2 Å². The number of aromatic hydroxyl groups is 1. The molecule has 0 atom stereocenters. The molecule has 3 rings (SSSR count). The van der Waals surface area contributed by atoms with Crippen LogP contribution in [-0.4, -0.2) is 27.2 Å². The molecule has 1 heterocycles. The first-order valence-corrected chi connectivity index (χ1v) is 5.89. The third-order valence-electron chi connectivity index (χ3n) is 2.92. The number of methoxy groups -OCH3 is 1. The highest BCUT2D eigenvalue weighted by molar-refractivity contribution is 5.73. The van der Waals surface area contributed by atoms with E-state index in [2.05, 4.69) is 10.2 Å². The van der Waals surface area contributed by atoms with Gasteiger partial charge in [-0.2, -0.15) is 0 Å². The fourth-order valence-electron chi connectivity index (χ4n) is 2.00. The normalized spacial score (nSPS) is 10.8. The molecule has 2 aromatic carbocycles. The molecule has 0 unspecified atom stereocenters. The fourth-order valence-corrected chi connectivity index (χ4v) is 2.00. The maximum atomic E-state index is 10.2. The van der Waals surface area contributed by atoms with Crippen LogP contribution in [0.2, 0.25) is 0 Å². The Morgan fingerprint density at radius 2 is 1.74 bits per heavy atom. The molecule has 0 aliphatic carbocycles. The van der Waals surface area contributed by atoms with E-state index in [9.17, 15) is 5.11 Å². The average Bonchev–Trinajstić information content (AvgIpc) is 2.84. The first-order valence-electron chi connectivity index (χ1n) is 5.89. The van der Waals surface area contributed by atoms with Crippen molar-refractivity contribution in [1.29, 1.82) is 0 Å². The van der Waals surface area contributed by atoms with E-state index in [1.165, 1.54) is 11.9 Å². The molecule has 0 amide bonds. The van der Waals surface area contributed by atoms with Gasteiger partial charge in [0.1, 0.15) is 16.7 Å². The van der Waals surface area contributed by atoms with E-state index >= 15 is 0 Å². The van der Waals surface area contributed by atoms with Gasteiger partial charge in [-0.3, -0.25) is 0 Å². The lowest BCUT2D eigenvalue weighted by Crippen LogP contribution is -2.00. The number of nitrogens with zero attached hydrogens (tertiary/aromatic N) is 3. The zero-order chi connectivity index (χ0) is 13.4. The number of aryl methyl sites for hydroxylation is 1. The third-order valence-corrected chi connectivity index (χ3v) is 2.92. The number of phenolic OH excluding ortho intramolecular Hbond substituents is 1. The highest BCUT2D eigenvalue weighted by Gasteiger charge is 2.13. The van der Waals surface area contributed by atoms with Gasteiger partial charge in [0, 0.05) is 0 Å². The zero-order valence-corrected chi connectivity index (χ0v) is 10.7. The van der Waals surface area contributed by atoms with Crippen LogP contribution < -0.4 is 4.74 Å². The number of ether oxygens (including phenoxy) is 1. The molecule has 3 aromatic rings. The number of benzene rings is 2. The number of phenols is 1. The van der Waals surface area contributed by atoms with Crippen LogP contribution in [0.4, 0.5) is 0 Å². The summed E-state index contributed by atoms with van der Waals surface area (Å²) in [6.45, 7) is 1.93. The van der Waals surface area contributed by atoms with Gasteiger partial charge in [-0.05, 0) is 36.8 Å². The Kier molecular flexibility index (Phi) is 2.59. The molecule has 0 aliphatic rings. The van der Waals surface area contributed by atoms with Gasteiger partial charge in [0.2, 0.25) is 0 Å². The van der Waals surface area contributed by atoms with E-state index in [1.54, 1.807) is 6.07 Å². The summed E-state index contributed by atoms with van der Waals surface area (Å²) in [6.07, 6.45) is 0. The van der Waals surface area contributed by atoms with E-state index in [-0.39, 0.29) is 5.75 Å². The van der Waals surface area contributed by atoms with Crippen molar-refractivity contribution in [3.05, 3.63) is 42.0 Å². The predicted octanol–water partition coefficient (Wildman–Crippen LogP) is 2.44. The van der Waals surface area contributed by atoms with Crippen LogP contribution >= 0.6 is 0 Å². The average molecular weight is 255 g/mol. The SMILES string of the molecule is COc1cc(C)cc(-n2nc3ccccc3n2)c1O. The molecule has 19 heavy (non-hydrogen) atoms. The number of hydrogen-bond acceptors (Lipinski definition) is 4. The first-order chi connectivity index (χ1) is 9.19. The van der Waals surface area contributed by atoms with Crippen molar-refractivity contribution >= 4 is 11.0 Å². The minimum Gasteiger partial charge on any atom is -0.503 e. The Morgan fingerprint density at radius 3 is 2.32 bits per heavy atom. The summed E-state index contributed by atoms with van der Waals surface area (Å²) in [4.78, 5) is 1.43. The highest BCUT2D eigenvalue weighted by atomic mass is 16.5. The van der Waals surface area contributed by atoms with Crippen molar-refractivity contribution in [1.82, 2.24) is 15.0 Å². The molecule has 0 spiro atoms. The molecule has 96 valence electrons. The molecule has 0 saturated heterocycles. The predicted molar refractivity (Wildman–Crippen MR) is 71.8 cm³/mol. The molecule has 0 saturated carbocycles. The lowest BCUT2D eigenvalue weighted by atomic mass is 10.2. The van der Waals surface area contributed by atoms with Crippen molar-refractivity contribution in [3.8, 4) is 17.2 Å². The second kappa shape index (κ2) is 4.28. The van der Waals surface area contributed by atoms with Crippen LogP contribution in [0.25, 0.3) is 16.7 Å². The standard InChI is InChI=1S/C14H13N3O2/c1-9-7-12(14(18)13(8-9)19-2)17-15-10-5-3-4-6-11(10)16-17/h3-8,18H,1-2H3. The molecular formula is C14H13N3O2. The van der Waals surface area contributed by atoms with Crippen molar-refractivity contribution in [2.45, 2.75) is 6.92 Å². The van der Waals surface area contributed by atoms with Gasteiger partial charge < -0.3 is 9.84 Å². The van der Waals surface area contributed by atoms with Gasteiger partial charge in [-0.1, -0.05) is 12.1 Å². The maximum absolute atomic E-state index is 10.2. The molecule has 0 bridgehead atoms. The van der Waals surface area contributed by atoms with E-state index < -0.39 is 0 Å². The summed E-state index contributed by atoms with van der Waals surface area (Å²) in [5, 5.41) is 18.9. The third kappa shape index (κ3) is 1.89. The van der Waals surface area contributed by atoms with Gasteiger partial charge in [-0.25, -0.2) is 0 Å². The van der Waals surface area contributed by atoms with Crippen molar-refractivity contribution in [3.63, 3.8) is 0 Å². The molecular weight excluding hydrogens is 242 g/mol. The fraction of sp³-hybridized carbons (Fsp3) is 0.143. The van der Waals surface area contributed by atoms with Crippen molar-refractivity contribution in [2.24, 2.45) is 0 Å². The lowest BCUT2D eigenvalue weighted by Gasteiger charge is -2.09. The number of rotatable bonds is 2. The summed E-state index contributed by atoms with van der Waals surface area (Å²) < 4.78 is 5.14. The maximum Gasteiger partial charge on any atom is 0.185 e. The molecule has 0 fully saturated rings. The Labute approximate surface area is 110 Å². The quantitative estimate of drug-likeness (QED) is 0.764. The van der Waals surface area contributed by atoms with Crippen LogP contribution in [0.15, 0.2) is 36.4 Å². The van der Waals surface area contributed by atoms with Crippen LogP contribution in [0.5, 0.6) is 11.5 Å². The van der Waals surface area contributed by atoms with E-state index in [0.29, 0.717) is 11.4 Å². The Bertz CT molecular complexity index is 717. The minimum absolute atomic E-state index is 0.0356. The highest BCUT2D eigenvalue weighted by Crippen LogP contribution is 2.33. The lowest BCUT2D eigenvalue weighted by molar-refractivity contribution is 0.371. The minimum atomic E-state index is 0.0356. The number of fused-ring (bicyclic) bond motifs is 1. The van der Waals surface area contributed by atoms with E-state index in [1.807, 2.05) is 37.3 Å². The van der Waals surface area contributed by atoms with Gasteiger partial charge in [0.25, 0.3) is 0 Å². The van der Waals surface area contributed by atoms with Gasteiger partial charge in [0.15, 0.2) is 11.5 Å². The second-order valence-electron chi connectivity index (χ2n) is 4.31. The molecule has 0 aliphatic heterocycles. The molecule has 1 aromatic heterocycles. The smallest absolute Gasteiger partial charge is 0.185 e. The van der Waals surface area contributed by atoms with Gasteiger partial charge >= 0.3 is 0 Å². The summed E-state index contributed by atoms with van der Waals surface area (Å²) in [5.41, 5.74) is 3.03. The Hall–Kier alpha value is -2.56. The van der Waals surface area contributed by atoms with Crippen LogP contribution in [-0.2, 0) is 0 Å². The molecule has 1 N–H and O–H groups in total. The van der Waals surface area contributed by atoms with Crippen LogP contribution in [0.1, 0.15) is 5.56 Å². The van der Waals surface area contributed by atoms with Crippen LogP contribution in [0.3, 0.4) is 0 Å². The number of aromatic nitrogens is 3. The molecule has 5 heteroatoms. The summed E-state index contributed by atoms with van der Waals surface area (Å²) in [6, 6.07) is 11.1. The Balaban J connectivity index is 2.23. The monoisotopic (exact) mass is 255 g/mol. The zero-order valence-electron chi connectivity index (χ0n) is 10.7.